The van der Waals surface area contributed by atoms with Gasteiger partial charge in [-0.2, -0.15) is 4.39 Å². The molecule has 1 nitrogen and oxygen atoms in total. The van der Waals surface area contributed by atoms with Gasteiger partial charge in [-0.05, 0) is 26.0 Å². The summed E-state index contributed by atoms with van der Waals surface area (Å²) in [5.41, 5.74) is 0. The molecule has 1 rings (SSSR count). The molecule has 72 valence electrons. The largest absolute Gasteiger partial charge is 0.488 e. The Bertz CT molecular complexity index is 310. The molecule has 0 fully saturated rings. The molecule has 0 aromatic heterocycles. The number of benzene rings is 1. The Balaban J connectivity index is 3.04. The highest BCUT2D eigenvalue weighted by atomic mass is 19.2. The molecule has 0 amide bonds. The van der Waals surface area contributed by atoms with Gasteiger partial charge in [0.15, 0.2) is 17.4 Å². The van der Waals surface area contributed by atoms with Crippen LogP contribution >= 0.6 is 0 Å². The standard InChI is InChI=1S/C9H9F3O/c1-5(2)13-7-4-3-6(10)8(11)9(7)12/h3-5H,1-2H3. The minimum atomic E-state index is -1.50. The maximum Gasteiger partial charge on any atom is 0.203 e. The number of hydrogen-bond acceptors (Lipinski definition) is 1. The SMILES string of the molecule is CC(C)Oc1ccc(F)c(F)c1F. The molecule has 0 atom stereocenters. The van der Waals surface area contributed by atoms with E-state index in [9.17, 15) is 13.2 Å². The summed E-state index contributed by atoms with van der Waals surface area (Å²) in [4.78, 5) is 0. The molecule has 0 aliphatic carbocycles. The van der Waals surface area contributed by atoms with Crippen LogP contribution in [0.2, 0.25) is 0 Å². The smallest absolute Gasteiger partial charge is 0.203 e. The molecule has 4 heteroatoms. The van der Waals surface area contributed by atoms with Crippen molar-refractivity contribution in [3.63, 3.8) is 0 Å². The lowest BCUT2D eigenvalue weighted by atomic mass is 10.3. The van der Waals surface area contributed by atoms with Gasteiger partial charge in [-0.1, -0.05) is 0 Å². The summed E-state index contributed by atoms with van der Waals surface area (Å²) in [6.45, 7) is 3.33. The van der Waals surface area contributed by atoms with Crippen molar-refractivity contribution < 1.29 is 17.9 Å². The lowest BCUT2D eigenvalue weighted by Crippen LogP contribution is -2.08. The van der Waals surface area contributed by atoms with Gasteiger partial charge in [0.2, 0.25) is 5.82 Å². The molecule has 0 radical (unpaired) electrons. The van der Waals surface area contributed by atoms with Crippen LogP contribution in [0.5, 0.6) is 5.75 Å². The fourth-order valence-corrected chi connectivity index (χ4v) is 0.853. The molecule has 1 aromatic rings. The van der Waals surface area contributed by atoms with E-state index in [1.807, 2.05) is 0 Å². The van der Waals surface area contributed by atoms with E-state index in [1.54, 1.807) is 13.8 Å². The highest BCUT2D eigenvalue weighted by Gasteiger charge is 2.14. The van der Waals surface area contributed by atoms with Crippen LogP contribution in [0.15, 0.2) is 12.1 Å². The van der Waals surface area contributed by atoms with E-state index in [1.165, 1.54) is 0 Å². The number of rotatable bonds is 2. The monoisotopic (exact) mass is 190 g/mol. The lowest BCUT2D eigenvalue weighted by Gasteiger charge is -2.10. The summed E-state index contributed by atoms with van der Waals surface area (Å²) < 4.78 is 42.8. The third kappa shape index (κ3) is 2.14. The average Bonchev–Trinajstić information content (AvgIpc) is 2.06. The van der Waals surface area contributed by atoms with Gasteiger partial charge >= 0.3 is 0 Å². The Kier molecular flexibility index (Phi) is 2.80. The van der Waals surface area contributed by atoms with Gasteiger partial charge in [-0.3, -0.25) is 0 Å². The van der Waals surface area contributed by atoms with Gasteiger partial charge in [0.1, 0.15) is 0 Å². The van der Waals surface area contributed by atoms with E-state index < -0.39 is 17.5 Å². The van der Waals surface area contributed by atoms with Crippen LogP contribution in [0.25, 0.3) is 0 Å². The van der Waals surface area contributed by atoms with Gasteiger partial charge in [-0.25, -0.2) is 8.78 Å². The first-order chi connectivity index (χ1) is 6.02. The van der Waals surface area contributed by atoms with Gasteiger partial charge in [-0.15, -0.1) is 0 Å². The van der Waals surface area contributed by atoms with Crippen LogP contribution in [0.4, 0.5) is 13.2 Å². The van der Waals surface area contributed by atoms with Crippen molar-refractivity contribution in [1.29, 1.82) is 0 Å². The Labute approximate surface area is 74.1 Å². The van der Waals surface area contributed by atoms with E-state index in [2.05, 4.69) is 0 Å². The second kappa shape index (κ2) is 3.68. The van der Waals surface area contributed by atoms with Crippen molar-refractivity contribution in [2.75, 3.05) is 0 Å². The van der Waals surface area contributed by atoms with Crippen molar-refractivity contribution >= 4 is 0 Å². The first-order valence-electron chi connectivity index (χ1n) is 3.82. The second-order valence-corrected chi connectivity index (χ2v) is 2.84. The van der Waals surface area contributed by atoms with Crippen LogP contribution in [-0.4, -0.2) is 6.10 Å². The molecule has 0 unspecified atom stereocenters. The van der Waals surface area contributed by atoms with Crippen molar-refractivity contribution in [2.45, 2.75) is 20.0 Å². The third-order valence-electron chi connectivity index (χ3n) is 1.36. The van der Waals surface area contributed by atoms with Crippen LogP contribution in [0.3, 0.4) is 0 Å². The highest BCUT2D eigenvalue weighted by molar-refractivity contribution is 5.26. The zero-order chi connectivity index (χ0) is 10.0. The van der Waals surface area contributed by atoms with E-state index in [4.69, 9.17) is 4.74 Å². The topological polar surface area (TPSA) is 9.23 Å². The van der Waals surface area contributed by atoms with E-state index >= 15 is 0 Å². The van der Waals surface area contributed by atoms with E-state index in [0.717, 1.165) is 12.1 Å². The first-order valence-corrected chi connectivity index (χ1v) is 3.82. The van der Waals surface area contributed by atoms with Crippen LogP contribution in [0.1, 0.15) is 13.8 Å². The quantitative estimate of drug-likeness (QED) is 0.651. The molecular weight excluding hydrogens is 181 g/mol. The molecule has 0 aliphatic heterocycles. The molecule has 0 spiro atoms. The molecular formula is C9H9F3O. The van der Waals surface area contributed by atoms with Crippen molar-refractivity contribution in [2.24, 2.45) is 0 Å². The molecule has 0 aliphatic rings. The molecule has 0 saturated carbocycles. The predicted octanol–water partition coefficient (Wildman–Crippen LogP) is 2.89. The van der Waals surface area contributed by atoms with Crippen molar-refractivity contribution in [3.05, 3.63) is 29.6 Å². The number of halogens is 3. The lowest BCUT2D eigenvalue weighted by molar-refractivity contribution is 0.226. The fraction of sp³-hybridized carbons (Fsp3) is 0.333. The minimum Gasteiger partial charge on any atom is -0.488 e. The zero-order valence-corrected chi connectivity index (χ0v) is 7.27. The van der Waals surface area contributed by atoms with E-state index in [0.29, 0.717) is 0 Å². The van der Waals surface area contributed by atoms with Crippen molar-refractivity contribution in [3.8, 4) is 5.75 Å². The summed E-state index contributed by atoms with van der Waals surface area (Å²) in [6.07, 6.45) is -0.278. The Morgan fingerprint density at radius 1 is 1.08 bits per heavy atom. The maximum atomic E-state index is 12.9. The van der Waals surface area contributed by atoms with Crippen LogP contribution in [0, 0.1) is 17.5 Å². The van der Waals surface area contributed by atoms with Gasteiger partial charge in [0, 0.05) is 0 Å². The average molecular weight is 190 g/mol. The summed E-state index contributed by atoms with van der Waals surface area (Å²) in [7, 11) is 0. The molecule has 0 bridgehead atoms. The summed E-state index contributed by atoms with van der Waals surface area (Å²) in [5.74, 6) is -4.27. The Morgan fingerprint density at radius 2 is 1.69 bits per heavy atom. The molecule has 0 heterocycles. The van der Waals surface area contributed by atoms with Gasteiger partial charge in [0.25, 0.3) is 0 Å². The van der Waals surface area contributed by atoms with Crippen LogP contribution in [-0.2, 0) is 0 Å². The third-order valence-corrected chi connectivity index (χ3v) is 1.36. The second-order valence-electron chi connectivity index (χ2n) is 2.84. The number of ether oxygens (including phenoxy) is 1. The summed E-state index contributed by atoms with van der Waals surface area (Å²) >= 11 is 0. The first kappa shape index (κ1) is 9.89. The van der Waals surface area contributed by atoms with Crippen LogP contribution < -0.4 is 4.74 Å². The molecule has 0 saturated heterocycles. The van der Waals surface area contributed by atoms with Gasteiger partial charge < -0.3 is 4.74 Å². The minimum absolute atomic E-state index is 0.270. The van der Waals surface area contributed by atoms with Gasteiger partial charge in [0.05, 0.1) is 6.10 Å². The molecule has 0 N–H and O–H groups in total. The Morgan fingerprint density at radius 3 is 2.23 bits per heavy atom. The van der Waals surface area contributed by atoms with E-state index in [-0.39, 0.29) is 11.9 Å². The number of hydrogen-bond donors (Lipinski definition) is 0. The normalized spacial score (nSPS) is 10.6. The van der Waals surface area contributed by atoms with Crippen molar-refractivity contribution in [1.82, 2.24) is 0 Å². The predicted molar refractivity (Wildman–Crippen MR) is 42.1 cm³/mol. The molecule has 13 heavy (non-hydrogen) atoms. The maximum absolute atomic E-state index is 12.9. The summed E-state index contributed by atoms with van der Waals surface area (Å²) in [5, 5.41) is 0. The summed E-state index contributed by atoms with van der Waals surface area (Å²) in [6, 6.07) is 1.89. The fourth-order valence-electron chi connectivity index (χ4n) is 0.853. The zero-order valence-electron chi connectivity index (χ0n) is 7.27. The molecule has 1 aromatic carbocycles. The highest BCUT2D eigenvalue weighted by Crippen LogP contribution is 2.22. The Hall–Kier alpha value is -1.19.